The third-order valence-electron chi connectivity index (χ3n) is 3.77. The molecule has 0 atom stereocenters. The fourth-order valence-electron chi connectivity index (χ4n) is 2.35. The smallest absolute Gasteiger partial charge is 0.349 e. The van der Waals surface area contributed by atoms with Crippen LogP contribution in [-0.4, -0.2) is 27.9 Å². The number of aryl methyl sites for hydroxylation is 2. The van der Waals surface area contributed by atoms with Gasteiger partial charge in [0.25, 0.3) is 5.56 Å². The minimum Gasteiger partial charge on any atom is -0.453 e. The Morgan fingerprint density at radius 3 is 2.69 bits per heavy atom. The van der Waals surface area contributed by atoms with E-state index in [4.69, 9.17) is 4.74 Å². The Bertz CT molecular complexity index is 1100. The van der Waals surface area contributed by atoms with Crippen molar-refractivity contribution in [3.63, 3.8) is 0 Å². The molecule has 2 heterocycles. The molecular weight excluding hydrogens is 366 g/mol. The van der Waals surface area contributed by atoms with Crippen LogP contribution >= 0.6 is 11.3 Å². The molecule has 0 aliphatic heterocycles. The molecule has 1 aromatic carbocycles. The molecule has 0 radical (unpaired) electrons. The zero-order chi connectivity index (χ0) is 19.0. The molecule has 0 N–H and O–H groups in total. The molecule has 134 valence electrons. The van der Waals surface area contributed by atoms with Crippen molar-refractivity contribution in [1.82, 2.24) is 9.55 Å². The highest BCUT2D eigenvalue weighted by molar-refractivity contribution is 7.20. The van der Waals surface area contributed by atoms with Gasteiger partial charge in [-0.3, -0.25) is 9.59 Å². The number of rotatable bonds is 4. The Labute approximate surface area is 149 Å². The van der Waals surface area contributed by atoms with Gasteiger partial charge >= 0.3 is 5.97 Å². The second-order valence-electron chi connectivity index (χ2n) is 5.53. The van der Waals surface area contributed by atoms with E-state index in [9.17, 15) is 23.2 Å². The van der Waals surface area contributed by atoms with Crippen LogP contribution in [0.25, 0.3) is 10.2 Å². The molecule has 0 saturated heterocycles. The molecule has 0 aliphatic carbocycles. The number of carbonyl (C=O) groups is 2. The van der Waals surface area contributed by atoms with Crippen molar-refractivity contribution in [2.75, 3.05) is 6.61 Å². The van der Waals surface area contributed by atoms with E-state index < -0.39 is 30.0 Å². The number of esters is 1. The van der Waals surface area contributed by atoms with Gasteiger partial charge in [0.1, 0.15) is 9.71 Å². The zero-order valence-corrected chi connectivity index (χ0v) is 14.5. The van der Waals surface area contributed by atoms with E-state index in [-0.39, 0.29) is 16.0 Å². The Kier molecular flexibility index (Phi) is 4.64. The van der Waals surface area contributed by atoms with E-state index in [2.05, 4.69) is 4.98 Å². The number of halogens is 2. The van der Waals surface area contributed by atoms with Crippen LogP contribution < -0.4 is 5.56 Å². The van der Waals surface area contributed by atoms with Crippen LogP contribution in [0.5, 0.6) is 0 Å². The molecule has 3 aromatic rings. The lowest BCUT2D eigenvalue weighted by Gasteiger charge is -2.04. The summed E-state index contributed by atoms with van der Waals surface area (Å²) in [4.78, 5) is 41.0. The molecule has 3 rings (SSSR count). The van der Waals surface area contributed by atoms with Gasteiger partial charge in [-0.15, -0.1) is 11.3 Å². The van der Waals surface area contributed by atoms with E-state index in [1.54, 1.807) is 14.0 Å². The number of carbonyl (C=O) groups excluding carboxylic acids is 2. The summed E-state index contributed by atoms with van der Waals surface area (Å²) in [6.45, 7) is 0.957. The third kappa shape index (κ3) is 3.13. The molecule has 2 aromatic heterocycles. The Balaban J connectivity index is 1.80. The molecule has 9 heteroatoms. The van der Waals surface area contributed by atoms with Gasteiger partial charge in [-0.2, -0.15) is 0 Å². The fourth-order valence-corrected chi connectivity index (χ4v) is 3.39. The molecule has 0 fully saturated rings. The van der Waals surface area contributed by atoms with Gasteiger partial charge < -0.3 is 9.30 Å². The third-order valence-corrected chi connectivity index (χ3v) is 4.95. The molecule has 0 unspecified atom stereocenters. The molecule has 0 bridgehead atoms. The second-order valence-corrected chi connectivity index (χ2v) is 6.52. The lowest BCUT2D eigenvalue weighted by molar-refractivity contribution is 0.0479. The fraction of sp³-hybridized carbons (Fsp3) is 0.176. The van der Waals surface area contributed by atoms with Crippen molar-refractivity contribution >= 4 is 33.3 Å². The van der Waals surface area contributed by atoms with Gasteiger partial charge in [-0.05, 0) is 30.7 Å². The average molecular weight is 378 g/mol. The van der Waals surface area contributed by atoms with E-state index in [0.29, 0.717) is 15.8 Å². The molecule has 0 saturated carbocycles. The van der Waals surface area contributed by atoms with Gasteiger partial charge in [0.2, 0.25) is 0 Å². The maximum atomic E-state index is 13.2. The van der Waals surface area contributed by atoms with Crippen molar-refractivity contribution in [2.45, 2.75) is 6.92 Å². The van der Waals surface area contributed by atoms with Crippen LogP contribution in [0.15, 0.2) is 29.3 Å². The summed E-state index contributed by atoms with van der Waals surface area (Å²) < 4.78 is 32.3. The van der Waals surface area contributed by atoms with Crippen LogP contribution in [0.4, 0.5) is 8.78 Å². The summed E-state index contributed by atoms with van der Waals surface area (Å²) in [7, 11) is 1.55. The summed E-state index contributed by atoms with van der Waals surface area (Å²) in [5.74, 6) is -3.70. The van der Waals surface area contributed by atoms with Gasteiger partial charge in [0.15, 0.2) is 24.0 Å². The normalized spacial score (nSPS) is 10.9. The molecule has 0 aliphatic rings. The highest BCUT2D eigenvalue weighted by Crippen LogP contribution is 2.27. The van der Waals surface area contributed by atoms with Gasteiger partial charge in [-0.1, -0.05) is 0 Å². The van der Waals surface area contributed by atoms with Crippen molar-refractivity contribution in [3.8, 4) is 0 Å². The number of aromatic nitrogens is 2. The van der Waals surface area contributed by atoms with Crippen LogP contribution in [0.2, 0.25) is 0 Å². The number of ether oxygens (including phenoxy) is 1. The maximum absolute atomic E-state index is 13.2. The highest BCUT2D eigenvalue weighted by Gasteiger charge is 2.21. The summed E-state index contributed by atoms with van der Waals surface area (Å²) in [5.41, 5.74) is 0.0185. The SMILES string of the molecule is Cc1c(C(=O)OCC(=O)c2ccc(F)c(F)c2)sc2ncn(C)c(=O)c12. The first-order valence-corrected chi connectivity index (χ1v) is 8.21. The molecular formula is C17H12F2N2O4S. The number of Topliss-reactive ketones (excluding diaryl/α,β-unsaturated/α-hetero) is 1. The Morgan fingerprint density at radius 1 is 1.27 bits per heavy atom. The second kappa shape index (κ2) is 6.75. The standard InChI is InChI=1S/C17H12F2N2O4S/c1-8-13-15(20-7-21(2)16(13)23)26-14(8)17(24)25-6-12(22)9-3-4-10(18)11(19)5-9/h3-5,7H,6H2,1-2H3. The van der Waals surface area contributed by atoms with E-state index in [1.165, 1.54) is 10.9 Å². The first-order valence-electron chi connectivity index (χ1n) is 7.39. The van der Waals surface area contributed by atoms with E-state index in [0.717, 1.165) is 29.5 Å². The zero-order valence-electron chi connectivity index (χ0n) is 13.7. The number of benzene rings is 1. The summed E-state index contributed by atoms with van der Waals surface area (Å²) >= 11 is 0.987. The monoisotopic (exact) mass is 378 g/mol. The topological polar surface area (TPSA) is 78.3 Å². The van der Waals surface area contributed by atoms with Crippen LogP contribution in [-0.2, 0) is 11.8 Å². The highest BCUT2D eigenvalue weighted by atomic mass is 32.1. The van der Waals surface area contributed by atoms with E-state index in [1.807, 2.05) is 0 Å². The van der Waals surface area contributed by atoms with Crippen molar-refractivity contribution < 1.29 is 23.1 Å². The first-order chi connectivity index (χ1) is 12.3. The number of ketones is 1. The lowest BCUT2D eigenvalue weighted by Crippen LogP contribution is -2.17. The quantitative estimate of drug-likeness (QED) is 0.515. The number of nitrogens with zero attached hydrogens (tertiary/aromatic N) is 2. The summed E-state index contributed by atoms with van der Waals surface area (Å²) in [6.07, 6.45) is 1.35. The van der Waals surface area contributed by atoms with Crippen molar-refractivity contribution in [1.29, 1.82) is 0 Å². The largest absolute Gasteiger partial charge is 0.453 e. The van der Waals surface area contributed by atoms with Crippen LogP contribution in [0.1, 0.15) is 25.6 Å². The molecule has 0 amide bonds. The molecule has 6 nitrogen and oxygen atoms in total. The first kappa shape index (κ1) is 17.9. The number of hydrogen-bond donors (Lipinski definition) is 0. The Hall–Kier alpha value is -2.94. The van der Waals surface area contributed by atoms with Gasteiger partial charge in [-0.25, -0.2) is 18.6 Å². The molecule has 0 spiro atoms. The van der Waals surface area contributed by atoms with Gasteiger partial charge in [0, 0.05) is 12.6 Å². The maximum Gasteiger partial charge on any atom is 0.349 e. The summed E-state index contributed by atoms with van der Waals surface area (Å²) in [5, 5.41) is 0.318. The van der Waals surface area contributed by atoms with Crippen molar-refractivity contribution in [2.24, 2.45) is 7.05 Å². The number of fused-ring (bicyclic) bond motifs is 1. The average Bonchev–Trinajstić information content (AvgIpc) is 2.95. The number of hydrogen-bond acceptors (Lipinski definition) is 6. The van der Waals surface area contributed by atoms with Crippen LogP contribution in [0, 0.1) is 18.6 Å². The minimum absolute atomic E-state index is 0.111. The Morgan fingerprint density at radius 2 is 2.00 bits per heavy atom. The summed E-state index contributed by atoms with van der Waals surface area (Å²) in [6, 6.07) is 2.67. The van der Waals surface area contributed by atoms with Crippen molar-refractivity contribution in [3.05, 3.63) is 62.5 Å². The predicted octanol–water partition coefficient (Wildman–Crippen LogP) is 2.62. The molecule has 26 heavy (non-hydrogen) atoms. The minimum atomic E-state index is -1.16. The van der Waals surface area contributed by atoms with Crippen LogP contribution in [0.3, 0.4) is 0 Å². The number of thiophene rings is 1. The van der Waals surface area contributed by atoms with Gasteiger partial charge in [0.05, 0.1) is 11.7 Å². The predicted molar refractivity (Wildman–Crippen MR) is 90.6 cm³/mol. The lowest BCUT2D eigenvalue weighted by atomic mass is 10.1. The van der Waals surface area contributed by atoms with E-state index >= 15 is 0 Å².